The zero-order valence-corrected chi connectivity index (χ0v) is 13.7. The number of aromatic nitrogens is 1. The van der Waals surface area contributed by atoms with Crippen molar-refractivity contribution in [2.24, 2.45) is 5.73 Å². The van der Waals surface area contributed by atoms with Crippen LogP contribution in [0.4, 0.5) is 0 Å². The van der Waals surface area contributed by atoms with Crippen LogP contribution >= 0.6 is 22.7 Å². The second-order valence-corrected chi connectivity index (χ2v) is 8.54. The Morgan fingerprint density at radius 1 is 1.35 bits per heavy atom. The van der Waals surface area contributed by atoms with E-state index < -0.39 is 10.0 Å². The van der Waals surface area contributed by atoms with Crippen molar-refractivity contribution in [1.29, 1.82) is 0 Å². The smallest absolute Gasteiger partial charge is 0.250 e. The van der Waals surface area contributed by atoms with Crippen LogP contribution in [0.25, 0.3) is 0 Å². The summed E-state index contributed by atoms with van der Waals surface area (Å²) < 4.78 is 27.5. The van der Waals surface area contributed by atoms with Gasteiger partial charge in [0.05, 0.1) is 6.04 Å². The molecule has 2 rings (SSSR count). The molecule has 0 bridgehead atoms. The first-order valence-corrected chi connectivity index (χ1v) is 9.33. The lowest BCUT2D eigenvalue weighted by Crippen LogP contribution is -2.26. The van der Waals surface area contributed by atoms with Crippen LogP contribution in [0.3, 0.4) is 0 Å². The molecule has 2 heterocycles. The van der Waals surface area contributed by atoms with Gasteiger partial charge in [-0.25, -0.2) is 18.1 Å². The van der Waals surface area contributed by atoms with Crippen LogP contribution < -0.4 is 10.5 Å². The van der Waals surface area contributed by atoms with Gasteiger partial charge >= 0.3 is 0 Å². The van der Waals surface area contributed by atoms with E-state index in [1.165, 1.54) is 22.7 Å². The molecule has 3 N–H and O–H groups in total. The molecular formula is C12H17N3O2S3. The summed E-state index contributed by atoms with van der Waals surface area (Å²) in [7, 11) is -3.51. The third-order valence-corrected chi connectivity index (χ3v) is 7.19. The molecule has 20 heavy (non-hydrogen) atoms. The lowest BCUT2D eigenvalue weighted by Gasteiger charge is -2.10. The van der Waals surface area contributed by atoms with Gasteiger partial charge < -0.3 is 5.73 Å². The molecule has 0 fully saturated rings. The van der Waals surface area contributed by atoms with Crippen LogP contribution in [-0.4, -0.2) is 13.4 Å². The summed E-state index contributed by atoms with van der Waals surface area (Å²) >= 11 is 2.73. The zero-order valence-electron chi connectivity index (χ0n) is 11.3. The van der Waals surface area contributed by atoms with Crippen molar-refractivity contribution >= 4 is 32.7 Å². The van der Waals surface area contributed by atoms with E-state index in [4.69, 9.17) is 5.73 Å². The fraction of sp³-hybridized carbons (Fsp3) is 0.417. The molecule has 0 aromatic carbocycles. The number of thiazole rings is 1. The summed E-state index contributed by atoms with van der Waals surface area (Å²) in [6.07, 6.45) is 2.70. The van der Waals surface area contributed by atoms with Gasteiger partial charge in [0, 0.05) is 22.5 Å². The van der Waals surface area contributed by atoms with E-state index in [9.17, 15) is 8.42 Å². The van der Waals surface area contributed by atoms with Gasteiger partial charge in [0.2, 0.25) is 0 Å². The fourth-order valence-corrected chi connectivity index (χ4v) is 5.03. The Morgan fingerprint density at radius 3 is 2.65 bits per heavy atom. The van der Waals surface area contributed by atoms with Crippen LogP contribution in [0.1, 0.15) is 34.7 Å². The zero-order chi connectivity index (χ0) is 14.8. The second kappa shape index (κ2) is 6.31. The average Bonchev–Trinajstić information content (AvgIpc) is 3.07. The molecule has 0 saturated carbocycles. The molecule has 0 radical (unpaired) electrons. The number of hydrogen-bond acceptors (Lipinski definition) is 6. The Kier molecular flexibility index (Phi) is 4.92. The molecule has 2 aromatic rings. The first-order valence-electron chi connectivity index (χ1n) is 6.22. The fourth-order valence-electron chi connectivity index (χ4n) is 1.64. The van der Waals surface area contributed by atoms with Gasteiger partial charge in [-0.2, -0.15) is 0 Å². The van der Waals surface area contributed by atoms with Crippen molar-refractivity contribution in [3.05, 3.63) is 33.1 Å². The van der Waals surface area contributed by atoms with Gasteiger partial charge in [-0.1, -0.05) is 6.92 Å². The molecule has 0 aliphatic carbocycles. The van der Waals surface area contributed by atoms with E-state index in [0.717, 1.165) is 21.2 Å². The van der Waals surface area contributed by atoms with Gasteiger partial charge in [-0.15, -0.1) is 22.7 Å². The third-order valence-electron chi connectivity index (χ3n) is 2.73. The minimum Gasteiger partial charge on any atom is -0.326 e. The van der Waals surface area contributed by atoms with Crippen molar-refractivity contribution < 1.29 is 8.42 Å². The quantitative estimate of drug-likeness (QED) is 0.850. The van der Waals surface area contributed by atoms with E-state index in [0.29, 0.717) is 6.54 Å². The van der Waals surface area contributed by atoms with Crippen LogP contribution in [0.2, 0.25) is 0 Å². The van der Waals surface area contributed by atoms with Crippen LogP contribution in [0, 0.1) is 0 Å². The minimum absolute atomic E-state index is 0.289. The number of nitrogens with two attached hydrogens (primary N) is 1. The van der Waals surface area contributed by atoms with Crippen LogP contribution in [-0.2, 0) is 23.0 Å². The molecule has 1 unspecified atom stereocenters. The predicted molar refractivity (Wildman–Crippen MR) is 82.4 cm³/mol. The number of thiophene rings is 1. The summed E-state index contributed by atoms with van der Waals surface area (Å²) in [4.78, 5) is 6.25. The van der Waals surface area contributed by atoms with Gasteiger partial charge in [0.25, 0.3) is 10.0 Å². The van der Waals surface area contributed by atoms with Gasteiger partial charge in [0.15, 0.2) is 0 Å². The van der Waals surface area contributed by atoms with Crippen LogP contribution in [0.15, 0.2) is 22.5 Å². The molecule has 0 aliphatic heterocycles. The number of aryl methyl sites for hydroxylation is 1. The Balaban J connectivity index is 2.15. The highest BCUT2D eigenvalue weighted by Crippen LogP contribution is 2.25. The number of hydrogen-bond donors (Lipinski definition) is 2. The molecule has 2 aromatic heterocycles. The Labute approximate surface area is 126 Å². The molecule has 0 aliphatic rings. The Morgan fingerprint density at radius 2 is 2.10 bits per heavy atom. The standard InChI is InChI=1S/C12H17N3O2S3/c1-3-9-7-14-12(19-9)8(2)15-20(16,17)11-5-4-10(6-13)18-11/h4-5,7-8,15H,3,6,13H2,1-2H3. The maximum atomic E-state index is 12.3. The second-order valence-electron chi connectivity index (χ2n) is 4.29. The summed E-state index contributed by atoms with van der Waals surface area (Å²) in [5, 5.41) is 0.779. The molecule has 0 saturated heterocycles. The third kappa shape index (κ3) is 3.44. The number of sulfonamides is 1. The number of nitrogens with zero attached hydrogens (tertiary/aromatic N) is 1. The first kappa shape index (κ1) is 15.6. The first-order chi connectivity index (χ1) is 9.46. The molecule has 5 nitrogen and oxygen atoms in total. The summed E-state index contributed by atoms with van der Waals surface area (Å²) in [5.74, 6) is 0. The van der Waals surface area contributed by atoms with E-state index in [2.05, 4.69) is 9.71 Å². The lowest BCUT2D eigenvalue weighted by atomic mass is 10.4. The number of rotatable bonds is 6. The van der Waals surface area contributed by atoms with Crippen molar-refractivity contribution in [2.45, 2.75) is 37.1 Å². The SMILES string of the molecule is CCc1cnc(C(C)NS(=O)(=O)c2ccc(CN)s2)s1. The summed E-state index contributed by atoms with van der Waals surface area (Å²) in [6.45, 7) is 4.20. The van der Waals surface area contributed by atoms with E-state index in [1.807, 2.05) is 6.92 Å². The van der Waals surface area contributed by atoms with E-state index >= 15 is 0 Å². The molecule has 110 valence electrons. The molecule has 0 amide bonds. The van der Waals surface area contributed by atoms with Crippen molar-refractivity contribution in [1.82, 2.24) is 9.71 Å². The molecule has 1 atom stereocenters. The van der Waals surface area contributed by atoms with Crippen LogP contribution in [0.5, 0.6) is 0 Å². The highest BCUT2D eigenvalue weighted by molar-refractivity contribution is 7.91. The average molecular weight is 331 g/mol. The van der Waals surface area contributed by atoms with Crippen molar-refractivity contribution in [3.63, 3.8) is 0 Å². The predicted octanol–water partition coefficient (Wildman–Crippen LogP) is 2.27. The van der Waals surface area contributed by atoms with Gasteiger partial charge in [0.1, 0.15) is 9.22 Å². The highest BCUT2D eigenvalue weighted by atomic mass is 32.2. The summed E-state index contributed by atoms with van der Waals surface area (Å²) in [5.41, 5.74) is 5.50. The molecular weight excluding hydrogens is 314 g/mol. The van der Waals surface area contributed by atoms with E-state index in [-0.39, 0.29) is 10.3 Å². The molecule has 0 spiro atoms. The highest BCUT2D eigenvalue weighted by Gasteiger charge is 2.21. The summed E-state index contributed by atoms with van der Waals surface area (Å²) in [6, 6.07) is 2.98. The largest absolute Gasteiger partial charge is 0.326 e. The van der Waals surface area contributed by atoms with Crippen molar-refractivity contribution in [2.75, 3.05) is 0 Å². The lowest BCUT2D eigenvalue weighted by molar-refractivity contribution is 0.568. The minimum atomic E-state index is -3.51. The Hall–Kier alpha value is -0.800. The normalized spacial score (nSPS) is 13.6. The topological polar surface area (TPSA) is 85.1 Å². The van der Waals surface area contributed by atoms with Crippen molar-refractivity contribution in [3.8, 4) is 0 Å². The maximum absolute atomic E-state index is 12.3. The maximum Gasteiger partial charge on any atom is 0.250 e. The van der Waals surface area contributed by atoms with Gasteiger partial charge in [-0.3, -0.25) is 0 Å². The van der Waals surface area contributed by atoms with E-state index in [1.54, 1.807) is 25.3 Å². The molecule has 8 heteroatoms. The van der Waals surface area contributed by atoms with Gasteiger partial charge in [-0.05, 0) is 25.5 Å². The number of nitrogens with one attached hydrogen (secondary N) is 1. The Bertz CT molecular complexity index is 676. The monoisotopic (exact) mass is 331 g/mol.